The third-order valence-electron chi connectivity index (χ3n) is 3.61. The Hall–Kier alpha value is -2.91. The molecule has 1 aromatic carbocycles. The van der Waals surface area contributed by atoms with Crippen LogP contribution in [0.4, 0.5) is 11.5 Å². The number of thiophene rings is 1. The summed E-state index contributed by atoms with van der Waals surface area (Å²) in [6.07, 6.45) is 1.58. The van der Waals surface area contributed by atoms with Crippen LogP contribution in [-0.2, 0) is 14.8 Å². The zero-order chi connectivity index (χ0) is 19.3. The fourth-order valence-electron chi connectivity index (χ4n) is 2.20. The smallest absolute Gasteiger partial charge is 0.273 e. The van der Waals surface area contributed by atoms with Crippen molar-refractivity contribution in [1.29, 1.82) is 0 Å². The molecule has 1 amide bonds. The SMILES string of the molecule is CN(c1ccc(OCC(=O)Nc2ccccn2)cc1)S(=O)(=O)c1cccs1. The molecule has 0 aliphatic carbocycles. The first kappa shape index (κ1) is 18.9. The van der Waals surface area contributed by atoms with E-state index in [-0.39, 0.29) is 16.7 Å². The third-order valence-corrected chi connectivity index (χ3v) is 6.77. The normalized spacial score (nSPS) is 11.0. The van der Waals surface area contributed by atoms with Gasteiger partial charge in [0.15, 0.2) is 6.61 Å². The summed E-state index contributed by atoms with van der Waals surface area (Å²) in [6, 6.07) is 14.9. The van der Waals surface area contributed by atoms with E-state index in [1.807, 2.05) is 0 Å². The fourth-order valence-corrected chi connectivity index (χ4v) is 4.56. The number of pyridine rings is 1. The van der Waals surface area contributed by atoms with Crippen LogP contribution in [0.2, 0.25) is 0 Å². The second-order valence-electron chi connectivity index (χ2n) is 5.45. The van der Waals surface area contributed by atoms with Crippen molar-refractivity contribution in [2.24, 2.45) is 0 Å². The maximum absolute atomic E-state index is 12.5. The number of aromatic nitrogens is 1. The van der Waals surface area contributed by atoms with Crippen molar-refractivity contribution in [3.63, 3.8) is 0 Å². The Morgan fingerprint density at radius 2 is 1.93 bits per heavy atom. The number of amides is 1. The summed E-state index contributed by atoms with van der Waals surface area (Å²) in [5.74, 6) is 0.564. The molecule has 0 atom stereocenters. The highest BCUT2D eigenvalue weighted by molar-refractivity contribution is 7.94. The van der Waals surface area contributed by atoms with Gasteiger partial charge in [-0.3, -0.25) is 9.10 Å². The van der Waals surface area contributed by atoms with Crippen molar-refractivity contribution < 1.29 is 17.9 Å². The number of benzene rings is 1. The molecule has 0 saturated heterocycles. The van der Waals surface area contributed by atoms with Crippen molar-refractivity contribution in [3.8, 4) is 5.75 Å². The van der Waals surface area contributed by atoms with Gasteiger partial charge in [-0.15, -0.1) is 11.3 Å². The molecule has 0 spiro atoms. The molecule has 0 radical (unpaired) electrons. The third kappa shape index (κ3) is 4.63. The summed E-state index contributed by atoms with van der Waals surface area (Å²) in [6.45, 7) is -0.181. The molecule has 7 nitrogen and oxygen atoms in total. The van der Waals surface area contributed by atoms with E-state index in [4.69, 9.17) is 4.74 Å². The van der Waals surface area contributed by atoms with Crippen molar-refractivity contribution in [3.05, 3.63) is 66.2 Å². The molecule has 0 saturated carbocycles. The van der Waals surface area contributed by atoms with Gasteiger partial charge in [-0.25, -0.2) is 13.4 Å². The number of hydrogen-bond acceptors (Lipinski definition) is 6. The molecular weight excluding hydrogens is 386 g/mol. The molecule has 0 aliphatic heterocycles. The Labute approximate surface area is 161 Å². The summed E-state index contributed by atoms with van der Waals surface area (Å²) in [5.41, 5.74) is 0.494. The molecule has 3 rings (SSSR count). The van der Waals surface area contributed by atoms with Crippen molar-refractivity contribution in [1.82, 2.24) is 4.98 Å². The molecule has 27 heavy (non-hydrogen) atoms. The molecule has 2 aromatic heterocycles. The van der Waals surface area contributed by atoms with Gasteiger partial charge in [-0.1, -0.05) is 12.1 Å². The van der Waals surface area contributed by atoms with Gasteiger partial charge in [0.2, 0.25) is 0 Å². The van der Waals surface area contributed by atoms with Crippen LogP contribution in [-0.4, -0.2) is 33.0 Å². The first-order chi connectivity index (χ1) is 13.0. The number of carbonyl (C=O) groups is 1. The van der Waals surface area contributed by atoms with E-state index in [2.05, 4.69) is 10.3 Å². The number of ether oxygens (including phenoxy) is 1. The first-order valence-electron chi connectivity index (χ1n) is 7.93. The molecule has 3 aromatic rings. The highest BCUT2D eigenvalue weighted by Gasteiger charge is 2.22. The van der Waals surface area contributed by atoms with E-state index in [0.717, 1.165) is 11.3 Å². The lowest BCUT2D eigenvalue weighted by Gasteiger charge is -2.18. The number of sulfonamides is 1. The van der Waals surface area contributed by atoms with E-state index in [0.29, 0.717) is 17.3 Å². The first-order valence-corrected chi connectivity index (χ1v) is 10.2. The molecule has 0 fully saturated rings. The zero-order valence-electron chi connectivity index (χ0n) is 14.4. The van der Waals surface area contributed by atoms with Gasteiger partial charge in [-0.2, -0.15) is 0 Å². The number of anilines is 2. The van der Waals surface area contributed by atoms with Gasteiger partial charge in [-0.05, 0) is 47.8 Å². The lowest BCUT2D eigenvalue weighted by molar-refractivity contribution is -0.118. The lowest BCUT2D eigenvalue weighted by atomic mass is 10.3. The summed E-state index contributed by atoms with van der Waals surface area (Å²) >= 11 is 1.16. The predicted molar refractivity (Wildman–Crippen MR) is 105 cm³/mol. The molecular formula is C18H17N3O4S2. The Bertz CT molecular complexity index is 989. The highest BCUT2D eigenvalue weighted by atomic mass is 32.2. The van der Waals surface area contributed by atoms with Gasteiger partial charge in [0.25, 0.3) is 15.9 Å². The van der Waals surface area contributed by atoms with Gasteiger partial charge < -0.3 is 10.1 Å². The minimum atomic E-state index is -3.58. The molecule has 0 bridgehead atoms. The van der Waals surface area contributed by atoms with Crippen LogP contribution >= 0.6 is 11.3 Å². The van der Waals surface area contributed by atoms with Crippen LogP contribution in [0.5, 0.6) is 5.75 Å². The number of rotatable bonds is 7. The summed E-state index contributed by atoms with van der Waals surface area (Å²) < 4.78 is 31.9. The van der Waals surface area contributed by atoms with Crippen LogP contribution in [0.25, 0.3) is 0 Å². The number of nitrogens with one attached hydrogen (secondary N) is 1. The Morgan fingerprint density at radius 1 is 1.15 bits per heavy atom. The van der Waals surface area contributed by atoms with Crippen LogP contribution < -0.4 is 14.4 Å². The molecule has 140 valence electrons. The second kappa shape index (κ2) is 8.19. The Morgan fingerprint density at radius 3 is 2.56 bits per heavy atom. The Kier molecular flexibility index (Phi) is 5.72. The summed E-state index contributed by atoms with van der Waals surface area (Å²) in [4.78, 5) is 15.9. The van der Waals surface area contributed by atoms with Crippen LogP contribution in [0.15, 0.2) is 70.4 Å². The van der Waals surface area contributed by atoms with Crippen molar-refractivity contribution in [2.45, 2.75) is 4.21 Å². The highest BCUT2D eigenvalue weighted by Crippen LogP contribution is 2.26. The average Bonchev–Trinajstić information content (AvgIpc) is 3.23. The standard InChI is InChI=1S/C18H17N3O4S2/c1-21(27(23,24)18-6-4-12-26-18)14-7-9-15(10-8-14)25-13-17(22)20-16-5-2-3-11-19-16/h2-12H,13H2,1H3,(H,19,20,22). The molecule has 2 heterocycles. The van der Waals surface area contributed by atoms with Crippen LogP contribution in [0.3, 0.4) is 0 Å². The monoisotopic (exact) mass is 403 g/mol. The second-order valence-corrected chi connectivity index (χ2v) is 8.59. The minimum absolute atomic E-state index is 0.181. The van der Waals surface area contributed by atoms with E-state index in [1.165, 1.54) is 11.4 Å². The maximum atomic E-state index is 12.5. The fraction of sp³-hybridized carbons (Fsp3) is 0.111. The molecule has 1 N–H and O–H groups in total. The van der Waals surface area contributed by atoms with Crippen molar-refractivity contribution >= 4 is 38.8 Å². The molecule has 9 heteroatoms. The van der Waals surface area contributed by atoms with E-state index in [1.54, 1.807) is 66.2 Å². The van der Waals surface area contributed by atoms with Gasteiger partial charge in [0.05, 0.1) is 5.69 Å². The number of hydrogen-bond donors (Lipinski definition) is 1. The number of carbonyl (C=O) groups excluding carboxylic acids is 1. The zero-order valence-corrected chi connectivity index (χ0v) is 16.0. The maximum Gasteiger partial charge on any atom is 0.273 e. The van der Waals surface area contributed by atoms with Gasteiger partial charge >= 0.3 is 0 Å². The average molecular weight is 403 g/mol. The quantitative estimate of drug-likeness (QED) is 0.655. The largest absolute Gasteiger partial charge is 0.484 e. The van der Waals surface area contributed by atoms with E-state index < -0.39 is 10.0 Å². The van der Waals surface area contributed by atoms with E-state index >= 15 is 0 Å². The van der Waals surface area contributed by atoms with E-state index in [9.17, 15) is 13.2 Å². The van der Waals surface area contributed by atoms with Gasteiger partial charge in [0.1, 0.15) is 15.8 Å². The number of nitrogens with zero attached hydrogens (tertiary/aromatic N) is 2. The molecule has 0 unspecified atom stereocenters. The topological polar surface area (TPSA) is 88.6 Å². The summed E-state index contributed by atoms with van der Waals surface area (Å²) in [5, 5.41) is 4.33. The summed E-state index contributed by atoms with van der Waals surface area (Å²) in [7, 11) is -2.09. The van der Waals surface area contributed by atoms with Crippen LogP contribution in [0, 0.1) is 0 Å². The van der Waals surface area contributed by atoms with Crippen LogP contribution in [0.1, 0.15) is 0 Å². The minimum Gasteiger partial charge on any atom is -0.484 e. The predicted octanol–water partition coefficient (Wildman–Crippen LogP) is 2.99. The van der Waals surface area contributed by atoms with Crippen molar-refractivity contribution in [2.75, 3.05) is 23.3 Å². The molecule has 0 aliphatic rings. The lowest BCUT2D eigenvalue weighted by Crippen LogP contribution is -2.25. The Balaban J connectivity index is 1.59. The van der Waals surface area contributed by atoms with Gasteiger partial charge in [0, 0.05) is 13.2 Å².